The predicted octanol–water partition coefficient (Wildman–Crippen LogP) is 6.78. The van der Waals surface area contributed by atoms with Gasteiger partial charge in [0.15, 0.2) is 0 Å². The molecule has 0 saturated carbocycles. The molecule has 0 atom stereocenters. The molecule has 2 aromatic heterocycles. The zero-order chi connectivity index (χ0) is 26.7. The molecule has 5 rings (SSSR count). The van der Waals surface area contributed by atoms with Gasteiger partial charge in [0, 0.05) is 41.8 Å². The smallest absolute Gasteiger partial charge is 0.255 e. The first-order valence-corrected chi connectivity index (χ1v) is 13.0. The molecule has 8 heteroatoms. The van der Waals surface area contributed by atoms with Gasteiger partial charge in [0.1, 0.15) is 30.6 Å². The number of likely N-dealkylation sites (tertiary alicyclic amines) is 1. The van der Waals surface area contributed by atoms with Crippen LogP contribution in [0, 0.1) is 12.7 Å². The van der Waals surface area contributed by atoms with Gasteiger partial charge in [-0.25, -0.2) is 14.6 Å². The number of rotatable bonds is 6. The topological polar surface area (TPSA) is 75.1 Å². The van der Waals surface area contributed by atoms with E-state index in [2.05, 4.69) is 10.3 Å². The van der Waals surface area contributed by atoms with Crippen LogP contribution in [0.2, 0.25) is 5.15 Å². The Bertz CT molecular complexity index is 1440. The van der Waals surface area contributed by atoms with Crippen molar-refractivity contribution in [2.24, 2.45) is 0 Å². The van der Waals surface area contributed by atoms with Gasteiger partial charge in [0.25, 0.3) is 5.91 Å². The zero-order valence-corrected chi connectivity index (χ0v) is 21.8. The van der Waals surface area contributed by atoms with Crippen LogP contribution in [-0.4, -0.2) is 38.8 Å². The van der Waals surface area contributed by atoms with Crippen LogP contribution < -0.4 is 5.32 Å². The molecule has 1 saturated heterocycles. The number of carbonyl (C=O) groups excluding carboxylic acids is 1. The van der Waals surface area contributed by atoms with E-state index >= 15 is 0 Å². The number of quaternary nitrogens is 1. The normalized spacial score (nSPS) is 19.2. The minimum absolute atomic E-state index is 0.0462. The fraction of sp³-hybridized carbons (Fsp3) is 0.233. The maximum Gasteiger partial charge on any atom is 0.255 e. The van der Waals surface area contributed by atoms with Crippen molar-refractivity contribution in [2.45, 2.75) is 32.2 Å². The van der Waals surface area contributed by atoms with Gasteiger partial charge in [-0.15, -0.1) is 0 Å². The molecule has 1 amide bonds. The van der Waals surface area contributed by atoms with Gasteiger partial charge in [0.2, 0.25) is 0 Å². The van der Waals surface area contributed by atoms with Crippen LogP contribution in [0.3, 0.4) is 0 Å². The third kappa shape index (κ3) is 6.07. The number of hydrogen-bond acceptors (Lipinski definition) is 4. The van der Waals surface area contributed by atoms with Crippen molar-refractivity contribution in [1.29, 1.82) is 0 Å². The largest absolute Gasteiger partial charge is 0.320 e. The van der Waals surface area contributed by atoms with E-state index in [9.17, 15) is 14.4 Å². The Hall–Kier alpha value is -3.65. The monoisotopic (exact) mass is 531 g/mol. The average Bonchev–Trinajstić information content (AvgIpc) is 2.91. The summed E-state index contributed by atoms with van der Waals surface area (Å²) in [7, 11) is 0. The summed E-state index contributed by atoms with van der Waals surface area (Å²) in [6, 6.07) is 21.4. The number of piperidine rings is 1. The van der Waals surface area contributed by atoms with Gasteiger partial charge in [-0.2, -0.15) is 4.65 Å². The van der Waals surface area contributed by atoms with E-state index in [0.29, 0.717) is 30.9 Å². The van der Waals surface area contributed by atoms with E-state index in [1.165, 1.54) is 24.4 Å². The number of pyridine rings is 2. The van der Waals surface area contributed by atoms with Crippen molar-refractivity contribution < 1.29 is 19.0 Å². The quantitative estimate of drug-likeness (QED) is 0.212. The molecule has 2 N–H and O–H groups in total. The third-order valence-electron chi connectivity index (χ3n) is 7.08. The summed E-state index contributed by atoms with van der Waals surface area (Å²) in [4.78, 5) is 21.5. The van der Waals surface area contributed by atoms with Crippen molar-refractivity contribution in [3.05, 3.63) is 112 Å². The molecule has 194 valence electrons. The lowest BCUT2D eigenvalue weighted by molar-refractivity contribution is -1.12. The summed E-state index contributed by atoms with van der Waals surface area (Å²) in [6.07, 6.45) is 2.98. The highest BCUT2D eigenvalue weighted by Crippen LogP contribution is 2.35. The van der Waals surface area contributed by atoms with E-state index < -0.39 is 0 Å². The summed E-state index contributed by atoms with van der Waals surface area (Å²) < 4.78 is 13.2. The van der Waals surface area contributed by atoms with Crippen LogP contribution in [0.25, 0.3) is 11.1 Å². The summed E-state index contributed by atoms with van der Waals surface area (Å²) >= 11 is 5.95. The Labute approximate surface area is 226 Å². The molecular weight excluding hydrogens is 503 g/mol. The van der Waals surface area contributed by atoms with Crippen LogP contribution in [0.5, 0.6) is 0 Å². The molecule has 1 aliphatic heterocycles. The Morgan fingerprint density at radius 2 is 1.68 bits per heavy atom. The van der Waals surface area contributed by atoms with Gasteiger partial charge >= 0.3 is 0 Å². The second-order valence-electron chi connectivity index (χ2n) is 9.89. The summed E-state index contributed by atoms with van der Waals surface area (Å²) in [5.41, 5.74) is 5.81. The van der Waals surface area contributed by atoms with Crippen molar-refractivity contribution in [2.75, 3.05) is 18.4 Å². The van der Waals surface area contributed by atoms with E-state index in [1.54, 1.807) is 18.2 Å². The molecule has 0 bridgehead atoms. The minimum Gasteiger partial charge on any atom is -0.320 e. The molecule has 6 nitrogen and oxygen atoms in total. The summed E-state index contributed by atoms with van der Waals surface area (Å²) in [5, 5.41) is 14.6. The first-order valence-electron chi connectivity index (χ1n) is 12.6. The molecule has 0 unspecified atom stereocenters. The second-order valence-corrected chi connectivity index (χ2v) is 10.3. The average molecular weight is 532 g/mol. The number of nitrogens with zero attached hydrogens (tertiary/aromatic N) is 3. The van der Waals surface area contributed by atoms with Gasteiger partial charge < -0.3 is 5.32 Å². The highest BCUT2D eigenvalue weighted by Gasteiger charge is 2.35. The highest BCUT2D eigenvalue weighted by molar-refractivity contribution is 6.29. The molecular formula is C30H29ClFN4O2+. The first kappa shape index (κ1) is 26.0. The van der Waals surface area contributed by atoms with Gasteiger partial charge in [-0.3, -0.25) is 9.78 Å². The number of halogens is 2. The highest BCUT2D eigenvalue weighted by atomic mass is 35.5. The maximum absolute atomic E-state index is 13.2. The van der Waals surface area contributed by atoms with Crippen LogP contribution in [0.4, 0.5) is 10.1 Å². The van der Waals surface area contributed by atoms with E-state index in [-0.39, 0.29) is 27.4 Å². The van der Waals surface area contributed by atoms with E-state index in [4.69, 9.17) is 16.6 Å². The summed E-state index contributed by atoms with van der Waals surface area (Å²) in [5.74, 6) is -0.409. The van der Waals surface area contributed by atoms with Crippen LogP contribution in [-0.2, 0) is 6.54 Å². The molecule has 38 heavy (non-hydrogen) atoms. The Morgan fingerprint density at radius 1 is 1.03 bits per heavy atom. The number of anilines is 1. The molecule has 3 heterocycles. The number of amides is 1. The number of nitrogens with one attached hydrogen (secondary N) is 1. The van der Waals surface area contributed by atoms with Crippen molar-refractivity contribution in [3.8, 4) is 11.1 Å². The second kappa shape index (κ2) is 11.0. The number of carbonyl (C=O) groups is 1. The molecule has 2 aromatic carbocycles. The fourth-order valence-corrected chi connectivity index (χ4v) is 5.17. The molecule has 1 aliphatic rings. The SMILES string of the molecule is Cc1ccc(NC(=O)c2ccnc(Cl)c2)c(C2CC[N+](O)(Cc3ccc(-c4ccc(F)cc4)cc3)CC2)n1. The van der Waals surface area contributed by atoms with Gasteiger partial charge in [-0.1, -0.05) is 48.0 Å². The number of benzene rings is 2. The van der Waals surface area contributed by atoms with Crippen molar-refractivity contribution >= 4 is 23.2 Å². The van der Waals surface area contributed by atoms with E-state index in [0.717, 1.165) is 40.9 Å². The molecule has 1 fully saturated rings. The van der Waals surface area contributed by atoms with E-state index in [1.807, 2.05) is 43.3 Å². The zero-order valence-electron chi connectivity index (χ0n) is 21.1. The Balaban J connectivity index is 1.25. The lowest BCUT2D eigenvalue weighted by Crippen LogP contribution is -2.49. The Kier molecular flexibility index (Phi) is 7.51. The van der Waals surface area contributed by atoms with Crippen LogP contribution >= 0.6 is 11.6 Å². The van der Waals surface area contributed by atoms with Crippen molar-refractivity contribution in [3.63, 3.8) is 0 Å². The van der Waals surface area contributed by atoms with Gasteiger partial charge in [-0.05, 0) is 54.4 Å². The molecule has 0 radical (unpaired) electrons. The lowest BCUT2D eigenvalue weighted by Gasteiger charge is -2.37. The minimum atomic E-state index is -0.270. The van der Waals surface area contributed by atoms with Crippen molar-refractivity contribution in [1.82, 2.24) is 9.97 Å². The standard InChI is InChI=1S/C30H28ClFN4O2/c1-20-2-11-27(35-30(37)25-12-15-33-28(31)18-25)29(34-20)24-13-16-36(38,17-14-24)19-21-3-5-22(6-4-21)23-7-9-26(32)10-8-23/h2-12,15,18,24,38H,13-14,16-17,19H2,1H3/p+1. The van der Waals surface area contributed by atoms with Crippen LogP contribution in [0.1, 0.15) is 46.1 Å². The van der Waals surface area contributed by atoms with Crippen LogP contribution in [0.15, 0.2) is 79.0 Å². The number of hydroxylamine groups is 3. The lowest BCUT2D eigenvalue weighted by atomic mass is 9.91. The predicted molar refractivity (Wildman–Crippen MR) is 145 cm³/mol. The third-order valence-corrected chi connectivity index (χ3v) is 7.29. The van der Waals surface area contributed by atoms with Gasteiger partial charge in [0.05, 0.1) is 11.4 Å². The fourth-order valence-electron chi connectivity index (χ4n) is 5.00. The molecule has 4 aromatic rings. The summed E-state index contributed by atoms with van der Waals surface area (Å²) in [6.45, 7) is 3.59. The first-order chi connectivity index (χ1) is 18.3. The number of aromatic nitrogens is 2. The molecule has 0 spiro atoms. The maximum atomic E-state index is 13.2. The molecule has 0 aliphatic carbocycles. The Morgan fingerprint density at radius 3 is 2.34 bits per heavy atom. The number of aryl methyl sites for hydroxylation is 1. The number of hydrogen-bond donors (Lipinski definition) is 2.